The minimum atomic E-state index is -0.565. The van der Waals surface area contributed by atoms with Gasteiger partial charge in [0, 0.05) is 5.56 Å². The van der Waals surface area contributed by atoms with E-state index in [-0.39, 0.29) is 0 Å². The van der Waals surface area contributed by atoms with Crippen LogP contribution in [0.15, 0.2) is 28.9 Å². The first-order valence-electron chi connectivity index (χ1n) is 3.94. The second kappa shape index (κ2) is 4.98. The summed E-state index contributed by atoms with van der Waals surface area (Å²) in [5.41, 5.74) is 1.81. The topological polar surface area (TPSA) is 20.2 Å². The molecule has 1 nitrogen and oxygen atoms in total. The first-order valence-corrected chi connectivity index (χ1v) is 8.02. The van der Waals surface area contributed by atoms with Gasteiger partial charge in [0.05, 0.1) is 11.4 Å². The van der Waals surface area contributed by atoms with Crippen LogP contribution in [0.3, 0.4) is 0 Å². The van der Waals surface area contributed by atoms with Crippen LogP contribution >= 0.6 is 70.5 Å². The second-order valence-electron chi connectivity index (χ2n) is 2.87. The third-order valence-electron chi connectivity index (χ3n) is 1.88. The smallest absolute Gasteiger partial charge is 0.107 e. The molecule has 0 saturated heterocycles. The zero-order valence-corrected chi connectivity index (χ0v) is 13.6. The Morgan fingerprint density at radius 1 is 1.13 bits per heavy atom. The van der Waals surface area contributed by atoms with Crippen LogP contribution in [0.1, 0.15) is 17.2 Å². The van der Waals surface area contributed by atoms with E-state index in [1.807, 2.05) is 17.5 Å². The van der Waals surface area contributed by atoms with Crippen molar-refractivity contribution in [2.45, 2.75) is 6.10 Å². The Bertz CT molecular complexity index is 477. The Kier molecular flexibility index (Phi) is 4.07. The van der Waals surface area contributed by atoms with E-state index in [1.165, 1.54) is 0 Å². The van der Waals surface area contributed by atoms with Crippen molar-refractivity contribution < 1.29 is 5.11 Å². The Labute approximate surface area is 121 Å². The number of aliphatic hydroxyl groups is 1. The van der Waals surface area contributed by atoms with Crippen LogP contribution in [0.5, 0.6) is 0 Å². The molecule has 2 rings (SSSR count). The molecule has 0 saturated carbocycles. The van der Waals surface area contributed by atoms with Gasteiger partial charge in [-0.2, -0.15) is 0 Å². The van der Waals surface area contributed by atoms with Crippen molar-refractivity contribution in [1.29, 1.82) is 0 Å². The summed E-state index contributed by atoms with van der Waals surface area (Å²) in [7, 11) is 0. The molecule has 2 heterocycles. The fourth-order valence-electron chi connectivity index (χ4n) is 1.19. The van der Waals surface area contributed by atoms with Gasteiger partial charge in [-0.1, -0.05) is 0 Å². The third-order valence-corrected chi connectivity index (χ3v) is 5.79. The molecular weight excluding hydrogens is 428 g/mol. The van der Waals surface area contributed by atoms with Gasteiger partial charge in [-0.15, -0.1) is 22.7 Å². The summed E-state index contributed by atoms with van der Waals surface area (Å²) in [6.07, 6.45) is -0.565. The highest BCUT2D eigenvalue weighted by Crippen LogP contribution is 2.39. The fourth-order valence-corrected chi connectivity index (χ4v) is 5.26. The lowest BCUT2D eigenvalue weighted by atomic mass is 10.1. The molecule has 0 aliphatic carbocycles. The summed E-state index contributed by atoms with van der Waals surface area (Å²) >= 11 is 13.4. The average molecular weight is 433 g/mol. The van der Waals surface area contributed by atoms with Crippen molar-refractivity contribution >= 4 is 70.5 Å². The van der Waals surface area contributed by atoms with Crippen molar-refractivity contribution in [2.75, 3.05) is 0 Å². The molecule has 15 heavy (non-hydrogen) atoms. The Balaban J connectivity index is 2.35. The largest absolute Gasteiger partial charge is 0.384 e. The molecule has 0 fully saturated rings. The first-order chi connectivity index (χ1) is 7.08. The Hall–Kier alpha value is 0.800. The normalized spacial score (nSPS) is 13.1. The highest BCUT2D eigenvalue weighted by molar-refractivity contribution is 9.12. The van der Waals surface area contributed by atoms with E-state index in [0.717, 1.165) is 22.5 Å². The van der Waals surface area contributed by atoms with Crippen molar-refractivity contribution in [2.24, 2.45) is 0 Å². The van der Waals surface area contributed by atoms with Crippen LogP contribution in [-0.2, 0) is 0 Å². The van der Waals surface area contributed by atoms with Crippen molar-refractivity contribution in [3.8, 4) is 0 Å². The summed E-state index contributed by atoms with van der Waals surface area (Å²) < 4.78 is 3.00. The zero-order valence-electron chi connectivity index (χ0n) is 7.21. The number of halogens is 3. The zero-order chi connectivity index (χ0) is 11.0. The van der Waals surface area contributed by atoms with E-state index in [2.05, 4.69) is 47.8 Å². The van der Waals surface area contributed by atoms with Crippen molar-refractivity contribution in [1.82, 2.24) is 0 Å². The van der Waals surface area contributed by atoms with Crippen molar-refractivity contribution in [3.05, 3.63) is 40.0 Å². The monoisotopic (exact) mass is 430 g/mol. The second-order valence-corrected chi connectivity index (χ2v) is 8.91. The molecule has 1 N–H and O–H groups in total. The molecule has 80 valence electrons. The van der Waals surface area contributed by atoms with Gasteiger partial charge in [0.1, 0.15) is 6.10 Å². The molecule has 0 bridgehead atoms. The van der Waals surface area contributed by atoms with Crippen molar-refractivity contribution in [3.63, 3.8) is 0 Å². The third kappa shape index (κ3) is 2.73. The molecule has 0 aromatic carbocycles. The van der Waals surface area contributed by atoms with Gasteiger partial charge in [-0.05, 0) is 70.9 Å². The van der Waals surface area contributed by atoms with Gasteiger partial charge >= 0.3 is 0 Å². The van der Waals surface area contributed by atoms with Gasteiger partial charge in [0.25, 0.3) is 0 Å². The molecule has 6 heteroatoms. The van der Waals surface area contributed by atoms with Gasteiger partial charge in [-0.25, -0.2) is 0 Å². The van der Waals surface area contributed by atoms with E-state index >= 15 is 0 Å². The molecular formula is C9H5Br3OS2. The maximum absolute atomic E-state index is 10.1. The molecule has 0 aliphatic heterocycles. The quantitative estimate of drug-likeness (QED) is 0.693. The lowest BCUT2D eigenvalue weighted by molar-refractivity contribution is 0.220. The summed E-state index contributed by atoms with van der Waals surface area (Å²) in [5.74, 6) is 0. The molecule has 1 unspecified atom stereocenters. The summed E-state index contributed by atoms with van der Waals surface area (Å²) in [5, 5.41) is 12.1. The van der Waals surface area contributed by atoms with Crippen LogP contribution in [0, 0.1) is 0 Å². The lowest BCUT2D eigenvalue weighted by Crippen LogP contribution is -1.96. The predicted molar refractivity (Wildman–Crippen MR) is 75.8 cm³/mol. The van der Waals surface area contributed by atoms with E-state index in [9.17, 15) is 5.11 Å². The number of rotatable bonds is 2. The van der Waals surface area contributed by atoms with Crippen LogP contribution in [0.25, 0.3) is 0 Å². The van der Waals surface area contributed by atoms with Gasteiger partial charge in [0.2, 0.25) is 0 Å². The summed E-state index contributed by atoms with van der Waals surface area (Å²) in [6.45, 7) is 0. The van der Waals surface area contributed by atoms with Crippen LogP contribution in [0.2, 0.25) is 0 Å². The van der Waals surface area contributed by atoms with Crippen LogP contribution < -0.4 is 0 Å². The van der Waals surface area contributed by atoms with E-state index in [0.29, 0.717) is 0 Å². The van der Waals surface area contributed by atoms with E-state index < -0.39 is 6.10 Å². The molecule has 2 aromatic heterocycles. The molecule has 0 aliphatic rings. The number of thiophene rings is 2. The molecule has 2 aromatic rings. The minimum absolute atomic E-state index is 0.565. The van der Waals surface area contributed by atoms with Crippen LogP contribution in [0.4, 0.5) is 0 Å². The van der Waals surface area contributed by atoms with Gasteiger partial charge < -0.3 is 5.11 Å². The lowest BCUT2D eigenvalue weighted by Gasteiger charge is -2.06. The average Bonchev–Trinajstić information content (AvgIpc) is 2.71. The minimum Gasteiger partial charge on any atom is -0.384 e. The summed E-state index contributed by atoms with van der Waals surface area (Å²) in [4.78, 5) is 0. The molecule has 0 spiro atoms. The maximum Gasteiger partial charge on any atom is 0.107 e. The Morgan fingerprint density at radius 3 is 2.33 bits per heavy atom. The molecule has 1 atom stereocenters. The highest BCUT2D eigenvalue weighted by Gasteiger charge is 2.17. The first kappa shape index (κ1) is 12.3. The standard InChI is InChI=1S/C9H5Br3OS2/c10-6-1-4(3-14-6)8(13)5-2-7(11)15-9(5)12/h1-3,8,13H. The number of hydrogen-bond acceptors (Lipinski definition) is 3. The van der Waals surface area contributed by atoms with Gasteiger partial charge in [0.15, 0.2) is 0 Å². The van der Waals surface area contributed by atoms with E-state index in [1.54, 1.807) is 22.7 Å². The SMILES string of the molecule is OC(c1csc(Br)c1)c1cc(Br)sc1Br. The fraction of sp³-hybridized carbons (Fsp3) is 0.111. The highest BCUT2D eigenvalue weighted by atomic mass is 79.9. The van der Waals surface area contributed by atoms with E-state index in [4.69, 9.17) is 0 Å². The molecule has 0 radical (unpaired) electrons. The predicted octanol–water partition coefficient (Wildman–Crippen LogP) is 5.18. The van der Waals surface area contributed by atoms with Gasteiger partial charge in [-0.3, -0.25) is 0 Å². The molecule has 0 amide bonds. The van der Waals surface area contributed by atoms with Crippen LogP contribution in [-0.4, -0.2) is 5.11 Å². The maximum atomic E-state index is 10.1. The Morgan fingerprint density at radius 2 is 1.87 bits per heavy atom. The summed E-state index contributed by atoms with van der Waals surface area (Å²) in [6, 6.07) is 3.87. The number of hydrogen-bond donors (Lipinski definition) is 1. The number of aliphatic hydroxyl groups excluding tert-OH is 1.